The average Bonchev–Trinajstić information content (AvgIpc) is 2.73. The smallest absolute Gasteiger partial charge is 0.122 e. The highest BCUT2D eigenvalue weighted by Crippen LogP contribution is 2.33. The Morgan fingerprint density at radius 1 is 1.14 bits per heavy atom. The van der Waals surface area contributed by atoms with Crippen molar-refractivity contribution in [1.82, 2.24) is 5.32 Å². The Hall–Kier alpha value is -1.06. The molecule has 1 aliphatic carbocycles. The van der Waals surface area contributed by atoms with Crippen LogP contribution in [0.15, 0.2) is 24.3 Å². The molecule has 3 heteroatoms. The molecule has 0 radical (unpaired) electrons. The number of benzene rings is 1. The Bertz CT molecular complexity index is 452. The summed E-state index contributed by atoms with van der Waals surface area (Å²) < 4.78 is 5.71. The molecule has 2 aliphatic rings. The standard InChI is InChI=1S/C18H27NO2/c20-18(10-5-1-2-6-11-18)14-19-13-15-9-12-21-17-8-4-3-7-16(15)17/h3-4,7-8,15,19-20H,1-2,5-6,9-14H2. The van der Waals surface area contributed by atoms with E-state index in [1.54, 1.807) is 0 Å². The van der Waals surface area contributed by atoms with E-state index < -0.39 is 5.60 Å². The van der Waals surface area contributed by atoms with Crippen molar-refractivity contribution in [3.8, 4) is 5.75 Å². The Labute approximate surface area is 127 Å². The molecule has 1 aromatic carbocycles. The normalized spacial score (nSPS) is 24.7. The van der Waals surface area contributed by atoms with E-state index in [1.807, 2.05) is 6.07 Å². The zero-order valence-electron chi connectivity index (χ0n) is 12.8. The van der Waals surface area contributed by atoms with E-state index in [0.29, 0.717) is 5.92 Å². The quantitative estimate of drug-likeness (QED) is 0.836. The lowest BCUT2D eigenvalue weighted by atomic mass is 9.91. The molecule has 1 aliphatic heterocycles. The predicted octanol–water partition coefficient (Wildman–Crippen LogP) is 3.23. The zero-order chi connectivity index (χ0) is 14.5. The third-order valence-corrected chi connectivity index (χ3v) is 4.96. The number of hydrogen-bond donors (Lipinski definition) is 2. The third-order valence-electron chi connectivity index (χ3n) is 4.96. The molecule has 3 rings (SSSR count). The summed E-state index contributed by atoms with van der Waals surface area (Å²) in [6.07, 6.45) is 7.83. The van der Waals surface area contributed by atoms with Crippen LogP contribution in [0, 0.1) is 0 Å². The van der Waals surface area contributed by atoms with E-state index in [1.165, 1.54) is 18.4 Å². The van der Waals surface area contributed by atoms with Gasteiger partial charge in [-0.25, -0.2) is 0 Å². The second-order valence-electron chi connectivity index (χ2n) is 6.64. The van der Waals surface area contributed by atoms with Crippen molar-refractivity contribution in [3.63, 3.8) is 0 Å². The van der Waals surface area contributed by atoms with Gasteiger partial charge in [-0.05, 0) is 30.9 Å². The maximum Gasteiger partial charge on any atom is 0.122 e. The summed E-state index contributed by atoms with van der Waals surface area (Å²) in [6.45, 7) is 2.46. The average molecular weight is 289 g/mol. The minimum atomic E-state index is -0.485. The summed E-state index contributed by atoms with van der Waals surface area (Å²) in [4.78, 5) is 0. The highest BCUT2D eigenvalue weighted by Gasteiger charge is 2.28. The predicted molar refractivity (Wildman–Crippen MR) is 84.8 cm³/mol. The van der Waals surface area contributed by atoms with Gasteiger partial charge in [0.05, 0.1) is 12.2 Å². The fraction of sp³-hybridized carbons (Fsp3) is 0.667. The fourth-order valence-electron chi connectivity index (χ4n) is 3.67. The lowest BCUT2D eigenvalue weighted by molar-refractivity contribution is 0.0249. The van der Waals surface area contributed by atoms with Gasteiger partial charge < -0.3 is 15.2 Å². The first-order valence-corrected chi connectivity index (χ1v) is 8.42. The molecule has 1 fully saturated rings. The molecule has 1 atom stereocenters. The van der Waals surface area contributed by atoms with Crippen molar-refractivity contribution in [3.05, 3.63) is 29.8 Å². The molecular weight excluding hydrogens is 262 g/mol. The number of nitrogens with one attached hydrogen (secondary N) is 1. The van der Waals surface area contributed by atoms with Crippen LogP contribution in [0.5, 0.6) is 5.75 Å². The molecule has 1 heterocycles. The monoisotopic (exact) mass is 289 g/mol. The number of para-hydroxylation sites is 1. The van der Waals surface area contributed by atoms with Crippen molar-refractivity contribution in [2.24, 2.45) is 0 Å². The third kappa shape index (κ3) is 3.78. The van der Waals surface area contributed by atoms with Crippen LogP contribution in [0.2, 0.25) is 0 Å². The topological polar surface area (TPSA) is 41.5 Å². The molecule has 0 aromatic heterocycles. The molecule has 21 heavy (non-hydrogen) atoms. The van der Waals surface area contributed by atoms with Gasteiger partial charge in [0.1, 0.15) is 5.75 Å². The SMILES string of the molecule is OC1(CNCC2CCOc3ccccc32)CCCCCC1. The first-order valence-electron chi connectivity index (χ1n) is 8.42. The molecule has 3 nitrogen and oxygen atoms in total. The highest BCUT2D eigenvalue weighted by atomic mass is 16.5. The molecule has 1 unspecified atom stereocenters. The number of aliphatic hydroxyl groups is 1. The number of rotatable bonds is 4. The van der Waals surface area contributed by atoms with E-state index >= 15 is 0 Å². The van der Waals surface area contributed by atoms with Crippen LogP contribution in [-0.4, -0.2) is 30.4 Å². The van der Waals surface area contributed by atoms with Crippen LogP contribution >= 0.6 is 0 Å². The summed E-state index contributed by atoms with van der Waals surface area (Å²) in [5.74, 6) is 1.54. The van der Waals surface area contributed by atoms with Crippen LogP contribution in [0.25, 0.3) is 0 Å². The molecule has 116 valence electrons. The van der Waals surface area contributed by atoms with Gasteiger partial charge in [-0.2, -0.15) is 0 Å². The maximum atomic E-state index is 10.7. The molecule has 0 saturated heterocycles. The second kappa shape index (κ2) is 6.80. The Morgan fingerprint density at radius 2 is 1.90 bits per heavy atom. The molecule has 0 amide bonds. The van der Waals surface area contributed by atoms with Gasteiger partial charge in [-0.1, -0.05) is 43.9 Å². The van der Waals surface area contributed by atoms with Gasteiger partial charge in [0, 0.05) is 19.0 Å². The molecule has 0 bridgehead atoms. The van der Waals surface area contributed by atoms with Crippen LogP contribution in [0.4, 0.5) is 0 Å². The Kier molecular flexibility index (Phi) is 4.81. The lowest BCUT2D eigenvalue weighted by Gasteiger charge is -2.30. The van der Waals surface area contributed by atoms with Crippen LogP contribution in [-0.2, 0) is 0 Å². The Balaban J connectivity index is 1.54. The first-order chi connectivity index (χ1) is 10.3. The van der Waals surface area contributed by atoms with Crippen molar-refractivity contribution >= 4 is 0 Å². The maximum absolute atomic E-state index is 10.7. The van der Waals surface area contributed by atoms with E-state index in [9.17, 15) is 5.11 Å². The molecule has 0 spiro atoms. The summed E-state index contributed by atoms with van der Waals surface area (Å²) in [5.41, 5.74) is 0.824. The number of fused-ring (bicyclic) bond motifs is 1. The summed E-state index contributed by atoms with van der Waals surface area (Å²) in [7, 11) is 0. The highest BCUT2D eigenvalue weighted by molar-refractivity contribution is 5.37. The van der Waals surface area contributed by atoms with Crippen molar-refractivity contribution in [1.29, 1.82) is 0 Å². The zero-order valence-corrected chi connectivity index (χ0v) is 12.8. The van der Waals surface area contributed by atoms with Crippen molar-refractivity contribution in [2.75, 3.05) is 19.7 Å². The molecule has 2 N–H and O–H groups in total. The van der Waals surface area contributed by atoms with E-state index in [2.05, 4.69) is 23.5 Å². The Morgan fingerprint density at radius 3 is 2.71 bits per heavy atom. The van der Waals surface area contributed by atoms with Gasteiger partial charge in [0.25, 0.3) is 0 Å². The minimum Gasteiger partial charge on any atom is -0.493 e. The minimum absolute atomic E-state index is 0.485. The largest absolute Gasteiger partial charge is 0.493 e. The van der Waals surface area contributed by atoms with Crippen LogP contribution < -0.4 is 10.1 Å². The lowest BCUT2D eigenvalue weighted by Crippen LogP contribution is -2.41. The number of hydrogen-bond acceptors (Lipinski definition) is 3. The van der Waals surface area contributed by atoms with Gasteiger partial charge >= 0.3 is 0 Å². The van der Waals surface area contributed by atoms with E-state index in [-0.39, 0.29) is 0 Å². The first kappa shape index (κ1) is 14.9. The molecule has 1 saturated carbocycles. The summed E-state index contributed by atoms with van der Waals surface area (Å²) in [6, 6.07) is 8.34. The van der Waals surface area contributed by atoms with Crippen LogP contribution in [0.3, 0.4) is 0 Å². The van der Waals surface area contributed by atoms with Crippen LogP contribution in [0.1, 0.15) is 56.4 Å². The number of ether oxygens (including phenoxy) is 1. The van der Waals surface area contributed by atoms with Crippen molar-refractivity contribution < 1.29 is 9.84 Å². The van der Waals surface area contributed by atoms with Gasteiger partial charge in [-0.3, -0.25) is 0 Å². The second-order valence-corrected chi connectivity index (χ2v) is 6.64. The van der Waals surface area contributed by atoms with E-state index in [0.717, 1.165) is 57.6 Å². The van der Waals surface area contributed by atoms with Gasteiger partial charge in [0.2, 0.25) is 0 Å². The summed E-state index contributed by atoms with van der Waals surface area (Å²) in [5, 5.41) is 14.2. The van der Waals surface area contributed by atoms with Gasteiger partial charge in [-0.15, -0.1) is 0 Å². The van der Waals surface area contributed by atoms with Gasteiger partial charge in [0.15, 0.2) is 0 Å². The molecular formula is C18H27NO2. The summed E-state index contributed by atoms with van der Waals surface area (Å²) >= 11 is 0. The fourth-order valence-corrected chi connectivity index (χ4v) is 3.67. The van der Waals surface area contributed by atoms with Crippen molar-refractivity contribution in [2.45, 2.75) is 56.5 Å². The van der Waals surface area contributed by atoms with E-state index in [4.69, 9.17) is 4.74 Å². The molecule has 1 aromatic rings.